The summed E-state index contributed by atoms with van der Waals surface area (Å²) in [4.78, 5) is 0. The molecule has 0 amide bonds. The summed E-state index contributed by atoms with van der Waals surface area (Å²) in [6.07, 6.45) is 3.23. The summed E-state index contributed by atoms with van der Waals surface area (Å²) < 4.78 is 23.5. The van der Waals surface area contributed by atoms with Gasteiger partial charge in [-0.1, -0.05) is 19.9 Å². The fourth-order valence-electron chi connectivity index (χ4n) is 1.64. The standard InChI is InChI=1S/C15H23FO2/c1-3-10-17-14-8-7-13(6-5-9-16)12-15(14)18-11-4-2/h7-8,12H,3-6,9-11H2,1-2H3. The molecule has 0 N–H and O–H groups in total. The molecule has 1 rings (SSSR count). The van der Waals surface area contributed by atoms with E-state index < -0.39 is 0 Å². The highest BCUT2D eigenvalue weighted by Crippen LogP contribution is 2.29. The van der Waals surface area contributed by atoms with Gasteiger partial charge in [0.05, 0.1) is 19.9 Å². The van der Waals surface area contributed by atoms with Gasteiger partial charge in [0.2, 0.25) is 0 Å². The van der Waals surface area contributed by atoms with Crippen LogP contribution in [0.2, 0.25) is 0 Å². The second-order valence-corrected chi connectivity index (χ2v) is 4.27. The van der Waals surface area contributed by atoms with Crippen molar-refractivity contribution in [1.29, 1.82) is 0 Å². The van der Waals surface area contributed by atoms with Crippen LogP contribution in [0.3, 0.4) is 0 Å². The molecule has 0 unspecified atom stereocenters. The van der Waals surface area contributed by atoms with Crippen molar-refractivity contribution in [3.63, 3.8) is 0 Å². The first kappa shape index (κ1) is 14.8. The fraction of sp³-hybridized carbons (Fsp3) is 0.600. The van der Waals surface area contributed by atoms with E-state index in [1.807, 2.05) is 18.2 Å². The quantitative estimate of drug-likeness (QED) is 0.658. The zero-order valence-electron chi connectivity index (χ0n) is 11.4. The van der Waals surface area contributed by atoms with E-state index >= 15 is 0 Å². The number of ether oxygens (including phenoxy) is 2. The van der Waals surface area contributed by atoms with Crippen molar-refractivity contribution in [3.8, 4) is 11.5 Å². The molecule has 0 saturated carbocycles. The highest BCUT2D eigenvalue weighted by molar-refractivity contribution is 5.43. The minimum absolute atomic E-state index is 0.279. The molecule has 0 aliphatic rings. The Morgan fingerprint density at radius 2 is 1.67 bits per heavy atom. The van der Waals surface area contributed by atoms with Gasteiger partial charge in [-0.2, -0.15) is 0 Å². The Balaban J connectivity index is 2.74. The molecule has 0 aliphatic carbocycles. The molecule has 0 heterocycles. The smallest absolute Gasteiger partial charge is 0.161 e. The second-order valence-electron chi connectivity index (χ2n) is 4.27. The van der Waals surface area contributed by atoms with Crippen molar-refractivity contribution >= 4 is 0 Å². The van der Waals surface area contributed by atoms with E-state index in [-0.39, 0.29) is 6.67 Å². The Labute approximate surface area is 109 Å². The van der Waals surface area contributed by atoms with Gasteiger partial charge in [-0.15, -0.1) is 0 Å². The fourth-order valence-corrected chi connectivity index (χ4v) is 1.64. The van der Waals surface area contributed by atoms with Gasteiger partial charge in [0.15, 0.2) is 11.5 Å². The Kier molecular flexibility index (Phi) is 7.23. The lowest BCUT2D eigenvalue weighted by atomic mass is 10.1. The lowest BCUT2D eigenvalue weighted by Gasteiger charge is -2.13. The number of benzene rings is 1. The summed E-state index contributed by atoms with van der Waals surface area (Å²) >= 11 is 0. The van der Waals surface area contributed by atoms with E-state index in [1.165, 1.54) is 0 Å². The van der Waals surface area contributed by atoms with Crippen LogP contribution in [-0.4, -0.2) is 19.9 Å². The average Bonchev–Trinajstić information content (AvgIpc) is 2.41. The zero-order chi connectivity index (χ0) is 13.2. The minimum atomic E-state index is -0.279. The molecule has 0 aromatic heterocycles. The van der Waals surface area contributed by atoms with E-state index in [9.17, 15) is 4.39 Å². The molecule has 0 atom stereocenters. The van der Waals surface area contributed by atoms with Crippen molar-refractivity contribution in [2.75, 3.05) is 19.9 Å². The van der Waals surface area contributed by atoms with Crippen molar-refractivity contribution in [1.82, 2.24) is 0 Å². The highest BCUT2D eigenvalue weighted by Gasteiger charge is 2.06. The Morgan fingerprint density at radius 1 is 1.00 bits per heavy atom. The van der Waals surface area contributed by atoms with Gasteiger partial charge in [-0.25, -0.2) is 0 Å². The van der Waals surface area contributed by atoms with Gasteiger partial charge in [-0.05, 0) is 43.4 Å². The summed E-state index contributed by atoms with van der Waals surface area (Å²) in [5.41, 5.74) is 1.10. The van der Waals surface area contributed by atoms with Gasteiger partial charge in [0.25, 0.3) is 0 Å². The monoisotopic (exact) mass is 254 g/mol. The van der Waals surface area contributed by atoms with Crippen LogP contribution in [0.1, 0.15) is 38.7 Å². The van der Waals surface area contributed by atoms with Gasteiger partial charge in [0, 0.05) is 0 Å². The maximum atomic E-state index is 12.2. The van der Waals surface area contributed by atoms with Gasteiger partial charge in [0.1, 0.15) is 0 Å². The topological polar surface area (TPSA) is 18.5 Å². The van der Waals surface area contributed by atoms with Crippen molar-refractivity contribution in [3.05, 3.63) is 23.8 Å². The Hall–Kier alpha value is -1.25. The molecule has 0 fully saturated rings. The number of halogens is 1. The third-order valence-corrected chi connectivity index (χ3v) is 2.53. The largest absolute Gasteiger partial charge is 0.490 e. The molecule has 0 aliphatic heterocycles. The Morgan fingerprint density at radius 3 is 2.28 bits per heavy atom. The summed E-state index contributed by atoms with van der Waals surface area (Å²) in [5, 5.41) is 0. The molecule has 18 heavy (non-hydrogen) atoms. The number of alkyl halides is 1. The Bertz CT molecular complexity index is 339. The van der Waals surface area contributed by atoms with Gasteiger partial charge in [-0.3, -0.25) is 4.39 Å². The molecule has 2 nitrogen and oxygen atoms in total. The SMILES string of the molecule is CCCOc1ccc(CCCF)cc1OCCC. The minimum Gasteiger partial charge on any atom is -0.490 e. The first-order valence-corrected chi connectivity index (χ1v) is 6.76. The molecule has 102 valence electrons. The molecule has 1 aromatic rings. The summed E-state index contributed by atoms with van der Waals surface area (Å²) in [5.74, 6) is 1.57. The van der Waals surface area contributed by atoms with E-state index in [0.717, 1.165) is 36.3 Å². The van der Waals surface area contributed by atoms with Crippen molar-refractivity contribution in [2.45, 2.75) is 39.5 Å². The van der Waals surface area contributed by atoms with Crippen molar-refractivity contribution < 1.29 is 13.9 Å². The van der Waals surface area contributed by atoms with Crippen LogP contribution in [0, 0.1) is 0 Å². The molecular weight excluding hydrogens is 231 g/mol. The van der Waals surface area contributed by atoms with Gasteiger partial charge < -0.3 is 9.47 Å². The van der Waals surface area contributed by atoms with E-state index in [2.05, 4.69) is 13.8 Å². The first-order valence-electron chi connectivity index (χ1n) is 6.76. The number of aryl methyl sites for hydroxylation is 1. The van der Waals surface area contributed by atoms with Crippen LogP contribution in [0.15, 0.2) is 18.2 Å². The van der Waals surface area contributed by atoms with Crippen LogP contribution in [-0.2, 0) is 6.42 Å². The highest BCUT2D eigenvalue weighted by atomic mass is 19.1. The normalized spacial score (nSPS) is 10.4. The van der Waals surface area contributed by atoms with Crippen LogP contribution in [0.5, 0.6) is 11.5 Å². The van der Waals surface area contributed by atoms with E-state index in [1.54, 1.807) is 0 Å². The number of hydrogen-bond donors (Lipinski definition) is 0. The van der Waals surface area contributed by atoms with Gasteiger partial charge >= 0.3 is 0 Å². The predicted molar refractivity (Wildman–Crippen MR) is 72.3 cm³/mol. The van der Waals surface area contributed by atoms with Crippen LogP contribution >= 0.6 is 0 Å². The number of rotatable bonds is 9. The van der Waals surface area contributed by atoms with Crippen LogP contribution < -0.4 is 9.47 Å². The third-order valence-electron chi connectivity index (χ3n) is 2.53. The number of hydrogen-bond acceptors (Lipinski definition) is 2. The third kappa shape index (κ3) is 4.94. The van der Waals surface area contributed by atoms with Crippen LogP contribution in [0.4, 0.5) is 4.39 Å². The lowest BCUT2D eigenvalue weighted by molar-refractivity contribution is 0.268. The maximum Gasteiger partial charge on any atom is 0.161 e. The first-order chi connectivity index (χ1) is 8.81. The molecule has 3 heteroatoms. The second kappa shape index (κ2) is 8.78. The summed E-state index contributed by atoms with van der Waals surface area (Å²) in [6, 6.07) is 5.88. The zero-order valence-corrected chi connectivity index (χ0v) is 11.4. The summed E-state index contributed by atoms with van der Waals surface area (Å²) in [7, 11) is 0. The van der Waals surface area contributed by atoms with Crippen LogP contribution in [0.25, 0.3) is 0 Å². The average molecular weight is 254 g/mol. The maximum absolute atomic E-state index is 12.2. The molecule has 1 aromatic carbocycles. The molecule has 0 bridgehead atoms. The predicted octanol–water partition coefficient (Wildman–Crippen LogP) is 4.17. The molecule has 0 radical (unpaired) electrons. The molecule has 0 saturated heterocycles. The van der Waals surface area contributed by atoms with E-state index in [0.29, 0.717) is 19.6 Å². The molecular formula is C15H23FO2. The van der Waals surface area contributed by atoms with E-state index in [4.69, 9.17) is 9.47 Å². The lowest BCUT2D eigenvalue weighted by Crippen LogP contribution is -2.02. The van der Waals surface area contributed by atoms with Crippen molar-refractivity contribution in [2.24, 2.45) is 0 Å². The summed E-state index contributed by atoms with van der Waals surface area (Å²) in [6.45, 7) is 5.22. The molecule has 0 spiro atoms.